The van der Waals surface area contributed by atoms with Crippen molar-refractivity contribution in [3.05, 3.63) is 125 Å². The van der Waals surface area contributed by atoms with Crippen LogP contribution in [0.15, 0.2) is 95.6 Å². The first-order valence-corrected chi connectivity index (χ1v) is 12.9. The molecule has 5 rings (SSSR count). The van der Waals surface area contributed by atoms with E-state index in [1.807, 2.05) is 78.6 Å². The number of furan rings is 1. The number of benzene rings is 3. The van der Waals surface area contributed by atoms with Crippen LogP contribution in [0.2, 0.25) is 0 Å². The van der Waals surface area contributed by atoms with Gasteiger partial charge in [-0.15, -0.1) is 0 Å². The third-order valence-corrected chi connectivity index (χ3v) is 7.00. The van der Waals surface area contributed by atoms with Gasteiger partial charge in [-0.25, -0.2) is 0 Å². The van der Waals surface area contributed by atoms with Gasteiger partial charge >= 0.3 is 0 Å². The first-order valence-electron chi connectivity index (χ1n) is 12.9. The van der Waals surface area contributed by atoms with Crippen LogP contribution in [-0.4, -0.2) is 41.3 Å². The van der Waals surface area contributed by atoms with Crippen LogP contribution in [0.5, 0.6) is 5.75 Å². The molecule has 0 spiro atoms. The van der Waals surface area contributed by atoms with Crippen molar-refractivity contribution in [1.82, 2.24) is 9.80 Å². The Hall–Kier alpha value is -4.32. The maximum absolute atomic E-state index is 13.5. The molecule has 0 saturated carbocycles. The number of ether oxygens (including phenoxy) is 1. The summed E-state index contributed by atoms with van der Waals surface area (Å²) in [5, 5.41) is 0. The number of carbonyl (C=O) groups excluding carboxylic acids is 2. The van der Waals surface area contributed by atoms with E-state index in [9.17, 15) is 9.59 Å². The van der Waals surface area contributed by atoms with Crippen LogP contribution in [0.3, 0.4) is 0 Å². The molecule has 0 N–H and O–H groups in total. The summed E-state index contributed by atoms with van der Waals surface area (Å²) in [6, 6.07) is 27.2. The van der Waals surface area contributed by atoms with Crippen molar-refractivity contribution in [1.29, 1.82) is 0 Å². The Bertz CT molecular complexity index is 1410. The molecule has 2 amide bonds. The molecular weight excluding hydrogens is 476 g/mol. The Balaban J connectivity index is 1.42. The van der Waals surface area contributed by atoms with Crippen molar-refractivity contribution in [2.75, 3.05) is 13.6 Å². The first kappa shape index (κ1) is 25.3. The topological polar surface area (TPSA) is 63.0 Å². The lowest BCUT2D eigenvalue weighted by atomic mass is 9.87. The van der Waals surface area contributed by atoms with Crippen molar-refractivity contribution in [2.24, 2.45) is 0 Å². The minimum absolute atomic E-state index is 0.101. The molecule has 4 aromatic rings. The van der Waals surface area contributed by atoms with Gasteiger partial charge in [0.05, 0.1) is 12.3 Å². The van der Waals surface area contributed by atoms with Crippen LogP contribution in [0.4, 0.5) is 0 Å². The van der Waals surface area contributed by atoms with Gasteiger partial charge < -0.3 is 19.0 Å². The summed E-state index contributed by atoms with van der Waals surface area (Å²) < 4.78 is 11.6. The molecule has 0 bridgehead atoms. The molecule has 38 heavy (non-hydrogen) atoms. The Morgan fingerprint density at radius 1 is 1.03 bits per heavy atom. The Morgan fingerprint density at radius 2 is 1.84 bits per heavy atom. The highest BCUT2D eigenvalue weighted by atomic mass is 16.5. The zero-order valence-electron chi connectivity index (χ0n) is 22.0. The van der Waals surface area contributed by atoms with Gasteiger partial charge in [0.15, 0.2) is 11.9 Å². The molecule has 2 heterocycles. The number of likely N-dealkylation sites (N-methyl/N-ethyl adjacent to an activating group) is 1. The second-order valence-corrected chi connectivity index (χ2v) is 9.84. The minimum atomic E-state index is -0.663. The molecule has 3 aromatic carbocycles. The third kappa shape index (κ3) is 5.35. The van der Waals surface area contributed by atoms with Crippen LogP contribution in [0.25, 0.3) is 0 Å². The van der Waals surface area contributed by atoms with Crippen molar-refractivity contribution in [2.45, 2.75) is 39.0 Å². The van der Waals surface area contributed by atoms with Gasteiger partial charge in [-0.1, -0.05) is 66.2 Å². The van der Waals surface area contributed by atoms with E-state index in [-0.39, 0.29) is 17.9 Å². The van der Waals surface area contributed by atoms with Crippen LogP contribution >= 0.6 is 0 Å². The number of hydrogen-bond donors (Lipinski definition) is 0. The molecule has 0 aliphatic carbocycles. The molecular formula is C32H32N2O4. The van der Waals surface area contributed by atoms with Crippen molar-refractivity contribution < 1.29 is 18.7 Å². The molecule has 194 valence electrons. The van der Waals surface area contributed by atoms with E-state index in [4.69, 9.17) is 9.15 Å². The number of fused-ring (bicyclic) bond motifs is 1. The van der Waals surface area contributed by atoms with Crippen LogP contribution in [0.1, 0.15) is 51.3 Å². The van der Waals surface area contributed by atoms with Gasteiger partial charge in [0, 0.05) is 20.1 Å². The van der Waals surface area contributed by atoms with E-state index < -0.39 is 6.10 Å². The van der Waals surface area contributed by atoms with Gasteiger partial charge in [0.2, 0.25) is 0 Å². The second kappa shape index (κ2) is 11.0. The average molecular weight is 509 g/mol. The summed E-state index contributed by atoms with van der Waals surface area (Å²) in [5.74, 6) is 0.669. The van der Waals surface area contributed by atoms with E-state index >= 15 is 0 Å². The van der Waals surface area contributed by atoms with E-state index in [1.54, 1.807) is 31.0 Å². The van der Waals surface area contributed by atoms with E-state index in [2.05, 4.69) is 6.07 Å². The molecule has 6 heteroatoms. The number of hydrogen-bond acceptors (Lipinski definition) is 4. The zero-order chi connectivity index (χ0) is 26.6. The summed E-state index contributed by atoms with van der Waals surface area (Å²) in [7, 11) is 1.79. The minimum Gasteiger partial charge on any atom is -0.481 e. The normalized spacial score (nSPS) is 15.4. The standard InChI is InChI=1S/C32H32N2O4/c1-22-9-7-12-26(19-22)30-28-20-27(38-23(2)31(35)33(3)21-24-10-5-4-6-11-24)15-14-25(28)16-17-34(30)32(36)29-13-8-18-37-29/h4-15,18-20,23,30H,16-17,21H2,1-3H3/t23-,30-/m0/s1. The lowest BCUT2D eigenvalue weighted by molar-refractivity contribution is -0.137. The van der Waals surface area contributed by atoms with Crippen molar-refractivity contribution in [3.8, 4) is 5.75 Å². The molecule has 1 aliphatic rings. The molecule has 0 fully saturated rings. The summed E-state index contributed by atoms with van der Waals surface area (Å²) in [6.45, 7) is 4.90. The predicted octanol–water partition coefficient (Wildman–Crippen LogP) is 5.80. The summed E-state index contributed by atoms with van der Waals surface area (Å²) >= 11 is 0. The van der Waals surface area contributed by atoms with E-state index in [0.29, 0.717) is 24.6 Å². The number of rotatable bonds is 7. The molecule has 0 radical (unpaired) electrons. The monoisotopic (exact) mass is 508 g/mol. The molecule has 6 nitrogen and oxygen atoms in total. The smallest absolute Gasteiger partial charge is 0.290 e. The summed E-state index contributed by atoms with van der Waals surface area (Å²) in [6.07, 6.45) is 1.58. The summed E-state index contributed by atoms with van der Waals surface area (Å²) in [4.78, 5) is 30.1. The summed E-state index contributed by atoms with van der Waals surface area (Å²) in [5.41, 5.74) is 5.36. The predicted molar refractivity (Wildman–Crippen MR) is 146 cm³/mol. The maximum Gasteiger partial charge on any atom is 0.290 e. The number of aryl methyl sites for hydroxylation is 1. The number of carbonyl (C=O) groups is 2. The lowest BCUT2D eigenvalue weighted by Gasteiger charge is -2.37. The molecule has 0 saturated heterocycles. The Morgan fingerprint density at radius 3 is 2.58 bits per heavy atom. The second-order valence-electron chi connectivity index (χ2n) is 9.84. The first-order chi connectivity index (χ1) is 18.4. The highest BCUT2D eigenvalue weighted by molar-refractivity contribution is 5.92. The van der Waals surface area contributed by atoms with Gasteiger partial charge in [-0.2, -0.15) is 0 Å². The van der Waals surface area contributed by atoms with Gasteiger partial charge in [-0.05, 0) is 66.8 Å². The molecule has 1 aliphatic heterocycles. The molecule has 0 unspecified atom stereocenters. The highest BCUT2D eigenvalue weighted by Gasteiger charge is 2.34. The molecule has 2 atom stereocenters. The zero-order valence-corrected chi connectivity index (χ0v) is 22.0. The fourth-order valence-corrected chi connectivity index (χ4v) is 5.13. The highest BCUT2D eigenvalue weighted by Crippen LogP contribution is 2.38. The maximum atomic E-state index is 13.5. The largest absolute Gasteiger partial charge is 0.481 e. The van der Waals surface area contributed by atoms with Gasteiger partial charge in [-0.3, -0.25) is 9.59 Å². The average Bonchev–Trinajstić information content (AvgIpc) is 3.47. The Kier molecular flexibility index (Phi) is 7.31. The number of nitrogens with zero attached hydrogens (tertiary/aromatic N) is 2. The van der Waals surface area contributed by atoms with Crippen molar-refractivity contribution >= 4 is 11.8 Å². The van der Waals surface area contributed by atoms with Crippen LogP contribution in [-0.2, 0) is 17.8 Å². The van der Waals surface area contributed by atoms with Crippen molar-refractivity contribution in [3.63, 3.8) is 0 Å². The van der Waals surface area contributed by atoms with Gasteiger partial charge in [0.25, 0.3) is 11.8 Å². The Labute approximate surface area is 223 Å². The molecule has 1 aromatic heterocycles. The van der Waals surface area contributed by atoms with E-state index in [1.165, 1.54) is 6.26 Å². The third-order valence-electron chi connectivity index (χ3n) is 7.00. The van der Waals surface area contributed by atoms with Crippen LogP contribution < -0.4 is 4.74 Å². The van der Waals surface area contributed by atoms with Crippen LogP contribution in [0, 0.1) is 6.92 Å². The fourth-order valence-electron chi connectivity index (χ4n) is 5.13. The van der Waals surface area contributed by atoms with Gasteiger partial charge in [0.1, 0.15) is 5.75 Å². The SMILES string of the molecule is Cc1cccc([C@H]2c3cc(O[C@@H](C)C(=O)N(C)Cc4ccccc4)ccc3CCN2C(=O)c2ccco2)c1. The quantitative estimate of drug-likeness (QED) is 0.316. The lowest BCUT2D eigenvalue weighted by Crippen LogP contribution is -2.40. The number of amides is 2. The van der Waals surface area contributed by atoms with E-state index in [0.717, 1.165) is 34.2 Å². The fraction of sp³-hybridized carbons (Fsp3) is 0.250.